The number of nitrogens with zero attached hydrogens (tertiary/aromatic N) is 5. The van der Waals surface area contributed by atoms with Crippen molar-refractivity contribution < 1.29 is 58.2 Å². The lowest BCUT2D eigenvalue weighted by Crippen LogP contribution is -2.36. The first-order valence-corrected chi connectivity index (χ1v) is 17.6. The highest BCUT2D eigenvalue weighted by Gasteiger charge is 2.34. The number of carbonyl (C=O) groups is 1. The van der Waals surface area contributed by atoms with E-state index in [0.29, 0.717) is 12.5 Å². The molecule has 1 heterocycles. The van der Waals surface area contributed by atoms with Crippen molar-refractivity contribution >= 4 is 65.9 Å². The number of nitrogens with one attached hydrogen (secondary N) is 3. The van der Waals surface area contributed by atoms with Crippen LogP contribution in [0.4, 0.5) is 42.1 Å². The zero-order valence-electron chi connectivity index (χ0n) is 27.8. The minimum Gasteiger partial charge on any atom is -0.505 e. The van der Waals surface area contributed by atoms with Crippen LogP contribution >= 0.6 is 0 Å². The maximum Gasteiger partial charge on any atom is 0.418 e. The fourth-order valence-electron chi connectivity index (χ4n) is 4.70. The zero-order chi connectivity index (χ0) is 38.6. The second kappa shape index (κ2) is 15.6. The summed E-state index contributed by atoms with van der Waals surface area (Å²) >= 11 is 0. The van der Waals surface area contributed by atoms with Crippen molar-refractivity contribution in [3.05, 3.63) is 48.0 Å². The summed E-state index contributed by atoms with van der Waals surface area (Å²) < 4.78 is 108. The molecule has 2 unspecified atom stereocenters. The lowest BCUT2D eigenvalue weighted by Gasteiger charge is -2.20. The Morgan fingerprint density at radius 3 is 2.25 bits per heavy atom. The third-order valence-corrected chi connectivity index (χ3v) is 9.97. The first-order valence-electron chi connectivity index (χ1n) is 14.8. The van der Waals surface area contributed by atoms with Gasteiger partial charge in [0, 0.05) is 12.4 Å². The number of rotatable bonds is 15. The number of hydroxylamine groups is 1. The Hall–Kier alpha value is -5.23. The molecule has 0 aliphatic carbocycles. The number of anilines is 3. The molecule has 280 valence electrons. The molecule has 18 nitrogen and oxygen atoms in total. The summed E-state index contributed by atoms with van der Waals surface area (Å²) in [6, 6.07) is 5.30. The number of aliphatic carboxylic acids is 1. The summed E-state index contributed by atoms with van der Waals surface area (Å²) in [6.07, 6.45) is -4.43. The number of carboxylic acid groups (broad SMARTS) is 1. The Labute approximate surface area is 294 Å². The molecule has 0 bridgehead atoms. The van der Waals surface area contributed by atoms with Gasteiger partial charge < -0.3 is 25.6 Å². The first kappa shape index (κ1) is 39.6. The van der Waals surface area contributed by atoms with Crippen LogP contribution in [0.25, 0.3) is 10.8 Å². The molecule has 4 rings (SSSR count). The minimum atomic E-state index is -4.99. The van der Waals surface area contributed by atoms with Gasteiger partial charge in [-0.25, -0.2) is 4.79 Å². The zero-order valence-corrected chi connectivity index (χ0v) is 29.4. The van der Waals surface area contributed by atoms with Crippen molar-refractivity contribution in [2.75, 3.05) is 31.9 Å². The number of fused-ring (bicyclic) bond motifs is 1. The van der Waals surface area contributed by atoms with Crippen LogP contribution in [0, 0.1) is 5.92 Å². The Kier molecular flexibility index (Phi) is 11.8. The molecule has 1 aromatic heterocycles. The summed E-state index contributed by atoms with van der Waals surface area (Å²) in [5.41, 5.74) is -1.24. The van der Waals surface area contributed by atoms with Crippen LogP contribution in [0.1, 0.15) is 25.8 Å². The molecule has 52 heavy (non-hydrogen) atoms. The highest BCUT2D eigenvalue weighted by atomic mass is 32.2. The van der Waals surface area contributed by atoms with Crippen LogP contribution in [0.3, 0.4) is 0 Å². The Morgan fingerprint density at radius 2 is 1.65 bits per heavy atom. The van der Waals surface area contributed by atoms with Crippen molar-refractivity contribution in [1.29, 1.82) is 0 Å². The quantitative estimate of drug-likeness (QED) is 0.0605. The van der Waals surface area contributed by atoms with Crippen molar-refractivity contribution in [3.63, 3.8) is 0 Å². The maximum absolute atomic E-state index is 13.7. The molecule has 0 aliphatic heterocycles. The molecule has 0 fully saturated rings. The predicted molar refractivity (Wildman–Crippen MR) is 177 cm³/mol. The van der Waals surface area contributed by atoms with Crippen molar-refractivity contribution in [2.24, 2.45) is 16.1 Å². The second-order valence-corrected chi connectivity index (χ2v) is 13.8. The summed E-state index contributed by atoms with van der Waals surface area (Å²) in [5.74, 6) is -3.29. The molecule has 0 amide bonds. The van der Waals surface area contributed by atoms with Crippen LogP contribution in [0.5, 0.6) is 11.8 Å². The van der Waals surface area contributed by atoms with Gasteiger partial charge in [0.25, 0.3) is 10.1 Å². The van der Waals surface area contributed by atoms with Gasteiger partial charge in [-0.3, -0.25) is 4.18 Å². The summed E-state index contributed by atoms with van der Waals surface area (Å²) in [7, 11) is -6.53. The van der Waals surface area contributed by atoms with E-state index in [1.54, 1.807) is 13.8 Å². The average molecular weight is 773 g/mol. The number of alkyl halides is 3. The van der Waals surface area contributed by atoms with Gasteiger partial charge in [0.05, 0.1) is 36.5 Å². The Bertz CT molecular complexity index is 2240. The highest BCUT2D eigenvalue weighted by molar-refractivity contribution is 7.87. The molecule has 0 spiro atoms. The van der Waals surface area contributed by atoms with E-state index in [1.165, 1.54) is 13.2 Å². The average Bonchev–Trinajstić information content (AvgIpc) is 3.09. The number of hydrogen-bond acceptors (Lipinski definition) is 17. The minimum absolute atomic E-state index is 0.218. The standard InChI is InChI=1S/C29H31F3N8O10S2/c1-6-14(2)22(25(42)43)35-27-36-26(37-28(38-27)48-4)34-18-11-12-19(51(44,45)49-5)15-13-20(52(46,47)50-33-3)23(24(41)21(15)18)40-39-17-10-8-7-9-16(17)29(30,31)32/h7-14,22,33,41H,6H2,1-5H3,(H,42,43)(H2,34,35,36,37,38). The number of ether oxygens (including phenoxy) is 1. The summed E-state index contributed by atoms with van der Waals surface area (Å²) in [5, 5.41) is 33.1. The number of carboxylic acids is 1. The van der Waals surface area contributed by atoms with Crippen LogP contribution in [0.2, 0.25) is 0 Å². The van der Waals surface area contributed by atoms with E-state index >= 15 is 0 Å². The molecule has 2 atom stereocenters. The number of benzene rings is 3. The van der Waals surface area contributed by atoms with E-state index in [2.05, 4.69) is 44.3 Å². The van der Waals surface area contributed by atoms with Gasteiger partial charge in [-0.15, -0.1) is 10.2 Å². The second-order valence-electron chi connectivity index (χ2n) is 10.6. The number of methoxy groups -OCH3 is 1. The number of phenols is 1. The fourth-order valence-corrected chi connectivity index (χ4v) is 6.49. The molecule has 0 saturated carbocycles. The number of phenolic OH excluding ortho intramolecular Hbond substituents is 1. The first-order chi connectivity index (χ1) is 24.4. The summed E-state index contributed by atoms with van der Waals surface area (Å²) in [6.45, 7) is 3.46. The Balaban J connectivity index is 2.04. The Morgan fingerprint density at radius 1 is 0.981 bits per heavy atom. The molecular weight excluding hydrogens is 741 g/mol. The number of aromatic hydroxyl groups is 1. The van der Waals surface area contributed by atoms with E-state index in [0.717, 1.165) is 44.5 Å². The lowest BCUT2D eigenvalue weighted by molar-refractivity contribution is -0.139. The van der Waals surface area contributed by atoms with Gasteiger partial charge in [-0.2, -0.15) is 54.7 Å². The SMILES string of the molecule is CCC(C)C(Nc1nc(Nc2ccc(S(=O)(=O)OC)c3cc(S(=O)(=O)ONC)c(N=Nc4ccccc4C(F)(F)F)c(O)c23)nc(OC)n1)C(=O)O. The van der Waals surface area contributed by atoms with Crippen molar-refractivity contribution in [2.45, 2.75) is 42.3 Å². The maximum atomic E-state index is 13.7. The smallest absolute Gasteiger partial charge is 0.418 e. The van der Waals surface area contributed by atoms with E-state index in [4.69, 9.17) is 4.74 Å². The molecular formula is C29H31F3N8O10S2. The normalized spacial score (nSPS) is 13.6. The lowest BCUT2D eigenvalue weighted by atomic mass is 10.00. The molecule has 4 aromatic rings. The van der Waals surface area contributed by atoms with E-state index in [-0.39, 0.29) is 29.5 Å². The predicted octanol–water partition coefficient (Wildman–Crippen LogP) is 5.00. The summed E-state index contributed by atoms with van der Waals surface area (Å²) in [4.78, 5) is 22.5. The molecule has 0 saturated heterocycles. The molecule has 0 aliphatic rings. The van der Waals surface area contributed by atoms with E-state index in [1.807, 2.05) is 5.48 Å². The third kappa shape index (κ3) is 8.45. The van der Waals surface area contributed by atoms with E-state index < -0.39 is 81.7 Å². The third-order valence-electron chi connectivity index (χ3n) is 7.40. The van der Waals surface area contributed by atoms with Crippen molar-refractivity contribution in [1.82, 2.24) is 20.4 Å². The van der Waals surface area contributed by atoms with Gasteiger partial charge in [-0.1, -0.05) is 32.4 Å². The highest BCUT2D eigenvalue weighted by Crippen LogP contribution is 2.47. The fraction of sp³-hybridized carbons (Fsp3) is 0.310. The van der Waals surface area contributed by atoms with Gasteiger partial charge >= 0.3 is 28.3 Å². The number of azo groups is 1. The molecule has 0 radical (unpaired) electrons. The molecule has 23 heteroatoms. The van der Waals surface area contributed by atoms with Gasteiger partial charge in [0.1, 0.15) is 21.5 Å². The number of aromatic nitrogens is 3. The number of halogens is 3. The molecule has 5 N–H and O–H groups in total. The van der Waals surface area contributed by atoms with E-state index in [9.17, 15) is 45.0 Å². The van der Waals surface area contributed by atoms with Crippen LogP contribution in [-0.2, 0) is 39.7 Å². The van der Waals surface area contributed by atoms with Crippen LogP contribution < -0.4 is 20.9 Å². The van der Waals surface area contributed by atoms with Gasteiger partial charge in [0.15, 0.2) is 5.75 Å². The van der Waals surface area contributed by atoms with Gasteiger partial charge in [0.2, 0.25) is 11.9 Å². The van der Waals surface area contributed by atoms with Crippen LogP contribution in [0.15, 0.2) is 62.5 Å². The number of hydrogen-bond donors (Lipinski definition) is 5. The largest absolute Gasteiger partial charge is 0.505 e. The van der Waals surface area contributed by atoms with Crippen LogP contribution in [-0.4, -0.2) is 75.3 Å². The molecule has 3 aromatic carbocycles. The monoisotopic (exact) mass is 772 g/mol. The van der Waals surface area contributed by atoms with Crippen molar-refractivity contribution in [3.8, 4) is 11.8 Å². The topological polar surface area (TPSA) is 253 Å². The van der Waals surface area contributed by atoms with Gasteiger partial charge in [-0.05, 0) is 36.2 Å².